The number of carbonyl (C=O) groups excluding carboxylic acids is 3. The zero-order valence-corrected chi connectivity index (χ0v) is 21.4. The van der Waals surface area contributed by atoms with Crippen LogP contribution in [0.15, 0.2) is 77.8 Å². The molecule has 0 fully saturated rings. The molecule has 4 rings (SSSR count). The maximum Gasteiger partial charge on any atom is 0.329 e. The van der Waals surface area contributed by atoms with Gasteiger partial charge in [0.05, 0.1) is 23.4 Å². The second-order valence-corrected chi connectivity index (χ2v) is 8.69. The van der Waals surface area contributed by atoms with E-state index in [1.54, 1.807) is 37.4 Å². The summed E-state index contributed by atoms with van der Waals surface area (Å²) in [6.45, 7) is 8.04. The second kappa shape index (κ2) is 11.6. The van der Waals surface area contributed by atoms with Crippen LogP contribution in [0.3, 0.4) is 0 Å². The van der Waals surface area contributed by atoms with Crippen LogP contribution in [-0.2, 0) is 16.0 Å². The van der Waals surface area contributed by atoms with Crippen molar-refractivity contribution in [2.75, 3.05) is 24.6 Å². The van der Waals surface area contributed by atoms with Crippen molar-refractivity contribution < 1.29 is 19.1 Å². The molecule has 190 valence electrons. The third kappa shape index (κ3) is 5.61. The number of rotatable bonds is 10. The summed E-state index contributed by atoms with van der Waals surface area (Å²) in [7, 11) is 0. The number of ether oxygens (including phenoxy) is 1. The number of nitrogens with zero attached hydrogens (tertiary/aromatic N) is 3. The third-order valence-electron chi connectivity index (χ3n) is 6.45. The summed E-state index contributed by atoms with van der Waals surface area (Å²) >= 11 is 0. The quantitative estimate of drug-likeness (QED) is 0.222. The highest BCUT2D eigenvalue weighted by atomic mass is 16.5. The van der Waals surface area contributed by atoms with Crippen LogP contribution < -0.4 is 4.90 Å². The lowest BCUT2D eigenvalue weighted by atomic mass is 10.0. The fourth-order valence-corrected chi connectivity index (χ4v) is 4.46. The molecule has 37 heavy (non-hydrogen) atoms. The summed E-state index contributed by atoms with van der Waals surface area (Å²) in [5.41, 5.74) is 4.32. The summed E-state index contributed by atoms with van der Waals surface area (Å²) in [6.07, 6.45) is 1.96. The van der Waals surface area contributed by atoms with Gasteiger partial charge in [0.2, 0.25) is 0 Å². The van der Waals surface area contributed by atoms with E-state index in [4.69, 9.17) is 4.74 Å². The van der Waals surface area contributed by atoms with E-state index in [0.29, 0.717) is 11.1 Å². The second-order valence-electron chi connectivity index (χ2n) is 8.69. The van der Waals surface area contributed by atoms with Gasteiger partial charge in [-0.25, -0.2) is 4.79 Å². The van der Waals surface area contributed by atoms with E-state index in [9.17, 15) is 14.4 Å². The smallest absolute Gasteiger partial charge is 0.329 e. The lowest BCUT2D eigenvalue weighted by molar-refractivity contribution is -0.147. The molecule has 7 heteroatoms. The fourth-order valence-electron chi connectivity index (χ4n) is 4.46. The van der Waals surface area contributed by atoms with Gasteiger partial charge in [0, 0.05) is 31.4 Å². The number of carbonyl (C=O) groups is 3. The molecule has 1 heterocycles. The zero-order chi connectivity index (χ0) is 26.4. The summed E-state index contributed by atoms with van der Waals surface area (Å²) in [6, 6.07) is 21.2. The van der Waals surface area contributed by atoms with Gasteiger partial charge < -0.3 is 9.64 Å². The standard InChI is InChI=1S/C30H31N3O4/c1-4-32(5-2)24-17-13-22(14-18-24)20-31-23-15-11-21(12-16-23)19-27(30(36)37-6-3)33-28(34)25-9-7-8-10-26(25)29(33)35/h7-18,20,27H,4-6,19H2,1-3H3/t27-/m0/s1. The molecule has 0 spiro atoms. The van der Waals surface area contributed by atoms with Crippen LogP contribution in [0.25, 0.3) is 0 Å². The Hall–Kier alpha value is -4.26. The fraction of sp³-hybridized carbons (Fsp3) is 0.267. The van der Waals surface area contributed by atoms with Crippen LogP contribution in [0.2, 0.25) is 0 Å². The van der Waals surface area contributed by atoms with Crippen molar-refractivity contribution >= 4 is 35.4 Å². The van der Waals surface area contributed by atoms with Crippen LogP contribution >= 0.6 is 0 Å². The molecule has 0 saturated carbocycles. The molecule has 0 aliphatic carbocycles. The van der Waals surface area contributed by atoms with E-state index in [2.05, 4.69) is 35.9 Å². The van der Waals surface area contributed by atoms with Gasteiger partial charge in [-0.2, -0.15) is 0 Å². The minimum atomic E-state index is -1.05. The first-order chi connectivity index (χ1) is 18.0. The van der Waals surface area contributed by atoms with Crippen LogP contribution in [0.4, 0.5) is 11.4 Å². The Morgan fingerprint density at radius 2 is 1.49 bits per heavy atom. The number of anilines is 1. The average molecular weight is 498 g/mol. The monoisotopic (exact) mass is 497 g/mol. The average Bonchev–Trinajstić information content (AvgIpc) is 3.18. The highest BCUT2D eigenvalue weighted by molar-refractivity contribution is 6.22. The number of hydrogen-bond donors (Lipinski definition) is 0. The SMILES string of the molecule is CCOC(=O)[C@H](Cc1ccc(N=Cc2ccc(N(CC)CC)cc2)cc1)N1C(=O)c2ccccc2C1=O. The maximum atomic E-state index is 13.0. The molecule has 0 saturated heterocycles. The van der Waals surface area contributed by atoms with E-state index >= 15 is 0 Å². The van der Waals surface area contributed by atoms with Gasteiger partial charge in [0.1, 0.15) is 6.04 Å². The first-order valence-corrected chi connectivity index (χ1v) is 12.6. The molecule has 0 aromatic heterocycles. The van der Waals surface area contributed by atoms with Crippen LogP contribution in [0.1, 0.15) is 52.6 Å². The van der Waals surface area contributed by atoms with E-state index in [0.717, 1.165) is 34.8 Å². The number of imide groups is 1. The van der Waals surface area contributed by atoms with Crippen molar-refractivity contribution in [2.45, 2.75) is 33.2 Å². The number of fused-ring (bicyclic) bond motifs is 1. The topological polar surface area (TPSA) is 79.3 Å². The van der Waals surface area contributed by atoms with E-state index in [-0.39, 0.29) is 13.0 Å². The molecule has 1 aliphatic rings. The summed E-state index contributed by atoms with van der Waals surface area (Å²) in [5.74, 6) is -1.56. The van der Waals surface area contributed by atoms with Crippen molar-refractivity contribution in [3.63, 3.8) is 0 Å². The highest BCUT2D eigenvalue weighted by Gasteiger charge is 2.43. The van der Waals surface area contributed by atoms with Gasteiger partial charge >= 0.3 is 5.97 Å². The van der Waals surface area contributed by atoms with Crippen molar-refractivity contribution in [2.24, 2.45) is 4.99 Å². The number of amides is 2. The van der Waals surface area contributed by atoms with Crippen molar-refractivity contribution in [1.29, 1.82) is 0 Å². The minimum Gasteiger partial charge on any atom is -0.464 e. The summed E-state index contributed by atoms with van der Waals surface area (Å²) in [4.78, 5) is 46.7. The molecule has 3 aromatic rings. The van der Waals surface area contributed by atoms with E-state index in [1.807, 2.05) is 36.4 Å². The Labute approximate surface area is 217 Å². The van der Waals surface area contributed by atoms with Crippen LogP contribution in [0, 0.1) is 0 Å². The van der Waals surface area contributed by atoms with Gasteiger partial charge in [-0.3, -0.25) is 19.5 Å². The molecule has 1 atom stereocenters. The number of hydrogen-bond acceptors (Lipinski definition) is 6. The minimum absolute atomic E-state index is 0.154. The Kier molecular flexibility index (Phi) is 8.13. The molecule has 7 nitrogen and oxygen atoms in total. The molecular weight excluding hydrogens is 466 g/mol. The van der Waals surface area contributed by atoms with Crippen molar-refractivity contribution in [1.82, 2.24) is 4.90 Å². The first-order valence-electron chi connectivity index (χ1n) is 12.6. The van der Waals surface area contributed by atoms with Gasteiger partial charge in [-0.05, 0) is 68.3 Å². The Morgan fingerprint density at radius 1 is 0.892 bits per heavy atom. The summed E-state index contributed by atoms with van der Waals surface area (Å²) < 4.78 is 5.22. The lowest BCUT2D eigenvalue weighted by Crippen LogP contribution is -2.47. The Bertz CT molecular complexity index is 1260. The third-order valence-corrected chi connectivity index (χ3v) is 6.45. The highest BCUT2D eigenvalue weighted by Crippen LogP contribution is 2.27. The molecule has 0 unspecified atom stereocenters. The zero-order valence-electron chi connectivity index (χ0n) is 21.4. The van der Waals surface area contributed by atoms with Gasteiger partial charge in [-0.1, -0.05) is 36.4 Å². The Balaban J connectivity index is 1.48. The van der Waals surface area contributed by atoms with Crippen molar-refractivity contribution in [3.8, 4) is 0 Å². The van der Waals surface area contributed by atoms with E-state index < -0.39 is 23.8 Å². The van der Waals surface area contributed by atoms with Gasteiger partial charge in [0.25, 0.3) is 11.8 Å². The molecule has 1 aliphatic heterocycles. The van der Waals surface area contributed by atoms with Gasteiger partial charge in [-0.15, -0.1) is 0 Å². The van der Waals surface area contributed by atoms with Crippen LogP contribution in [0.5, 0.6) is 0 Å². The van der Waals surface area contributed by atoms with E-state index in [1.165, 1.54) is 5.69 Å². The molecule has 0 radical (unpaired) electrons. The van der Waals surface area contributed by atoms with Crippen LogP contribution in [-0.4, -0.2) is 54.6 Å². The first kappa shape index (κ1) is 25.8. The normalized spacial score (nSPS) is 13.6. The van der Waals surface area contributed by atoms with Gasteiger partial charge in [0.15, 0.2) is 0 Å². The predicted octanol–water partition coefficient (Wildman–Crippen LogP) is 5.05. The summed E-state index contributed by atoms with van der Waals surface area (Å²) in [5, 5.41) is 0. The lowest BCUT2D eigenvalue weighted by Gasteiger charge is -2.24. The molecule has 2 amide bonds. The number of esters is 1. The van der Waals surface area contributed by atoms with Crippen molar-refractivity contribution in [3.05, 3.63) is 95.1 Å². The number of aliphatic imine (C=N–C) groups is 1. The maximum absolute atomic E-state index is 13.0. The molecule has 3 aromatic carbocycles. The molecule has 0 bridgehead atoms. The predicted molar refractivity (Wildman–Crippen MR) is 145 cm³/mol. The molecule has 0 N–H and O–H groups in total. The largest absolute Gasteiger partial charge is 0.464 e. The Morgan fingerprint density at radius 3 is 2.03 bits per heavy atom. The molecular formula is C30H31N3O4. The number of benzene rings is 3.